The Labute approximate surface area is 494 Å². The van der Waals surface area contributed by atoms with Crippen molar-refractivity contribution in [3.63, 3.8) is 0 Å². The van der Waals surface area contributed by atoms with Gasteiger partial charge >= 0.3 is 17.9 Å². The van der Waals surface area contributed by atoms with Crippen LogP contribution in [0.4, 0.5) is 0 Å². The van der Waals surface area contributed by atoms with Crippen molar-refractivity contribution < 1.29 is 28.6 Å². The van der Waals surface area contributed by atoms with Crippen LogP contribution < -0.4 is 0 Å². The van der Waals surface area contributed by atoms with E-state index < -0.39 is 6.10 Å². The Hall–Kier alpha value is -4.19. The van der Waals surface area contributed by atoms with Crippen LogP contribution in [0.3, 0.4) is 0 Å². The van der Waals surface area contributed by atoms with Gasteiger partial charge in [-0.2, -0.15) is 0 Å². The van der Waals surface area contributed by atoms with Crippen molar-refractivity contribution in [3.05, 3.63) is 122 Å². The summed E-state index contributed by atoms with van der Waals surface area (Å²) in [5, 5.41) is 0. The van der Waals surface area contributed by atoms with Gasteiger partial charge in [0, 0.05) is 19.3 Å². The molecular formula is C74H124O6. The summed E-state index contributed by atoms with van der Waals surface area (Å²) < 4.78 is 16.9. The molecule has 6 nitrogen and oxygen atoms in total. The number of esters is 3. The van der Waals surface area contributed by atoms with Crippen LogP contribution in [0.25, 0.3) is 0 Å². The minimum atomic E-state index is -0.791. The van der Waals surface area contributed by atoms with Gasteiger partial charge in [-0.05, 0) is 128 Å². The Kier molecular flexibility index (Phi) is 63.8. The standard InChI is InChI=1S/C74H124O6/c1-4-7-10-13-16-19-22-24-26-28-30-32-34-35-36-37-38-39-41-42-44-46-48-50-52-55-58-61-64-67-73(76)79-70-71(69-78-72(75)66-63-60-57-54-21-18-15-12-9-6-3)80-74(77)68-65-62-59-56-53-51-49-47-45-43-40-33-31-29-27-25-23-20-17-14-11-8-5-2/h7,10,12,15-16,19,23-26,29-32,35-36,38-40,43,71H,4-6,8-9,11,13-14,17-18,20-22,27-28,33-34,37,41-42,44-70H2,1-3H3/b10-7-,15-12-,19-16-,25-23-,26-24-,31-29-,32-30-,36-35-,39-38-,43-40-. The fourth-order valence-corrected chi connectivity index (χ4v) is 9.16. The SMILES string of the molecule is CC/C=C\C/C=C\C/C=C\C/C=C\C/C=C\C/C=C\CCCCCCCCCCCCC(=O)OCC(COC(=O)CCCCCCC/C=C\CCC)OC(=O)CCCCCCCCCC/C=C\C/C=C\C/C=C\CCCCCCC. The van der Waals surface area contributed by atoms with Gasteiger partial charge in [0.25, 0.3) is 0 Å². The average molecular weight is 1110 g/mol. The van der Waals surface area contributed by atoms with Crippen molar-refractivity contribution in [1.82, 2.24) is 0 Å². The molecule has 0 aliphatic carbocycles. The van der Waals surface area contributed by atoms with E-state index in [1.165, 1.54) is 135 Å². The Morgan fingerprint density at radius 2 is 0.512 bits per heavy atom. The zero-order valence-corrected chi connectivity index (χ0v) is 52.3. The summed E-state index contributed by atoms with van der Waals surface area (Å²) in [6, 6.07) is 0. The molecule has 0 bridgehead atoms. The number of hydrogen-bond donors (Lipinski definition) is 0. The first-order valence-corrected chi connectivity index (χ1v) is 33.5. The van der Waals surface area contributed by atoms with Crippen molar-refractivity contribution >= 4 is 17.9 Å². The number of carbonyl (C=O) groups excluding carboxylic acids is 3. The number of carbonyl (C=O) groups is 3. The fourth-order valence-electron chi connectivity index (χ4n) is 9.16. The largest absolute Gasteiger partial charge is 0.462 e. The minimum absolute atomic E-state index is 0.0873. The second-order valence-corrected chi connectivity index (χ2v) is 22.0. The summed E-state index contributed by atoms with van der Waals surface area (Å²) in [7, 11) is 0. The highest BCUT2D eigenvalue weighted by Gasteiger charge is 2.19. The van der Waals surface area contributed by atoms with Crippen molar-refractivity contribution in [2.75, 3.05) is 13.2 Å². The van der Waals surface area contributed by atoms with E-state index in [2.05, 4.69) is 142 Å². The van der Waals surface area contributed by atoms with Gasteiger partial charge in [-0.15, -0.1) is 0 Å². The Morgan fingerprint density at radius 1 is 0.263 bits per heavy atom. The van der Waals surface area contributed by atoms with Gasteiger partial charge in [0.05, 0.1) is 0 Å². The zero-order valence-electron chi connectivity index (χ0n) is 52.3. The number of rotatable bonds is 60. The lowest BCUT2D eigenvalue weighted by atomic mass is 10.1. The van der Waals surface area contributed by atoms with E-state index in [1.807, 2.05) is 0 Å². The first-order chi connectivity index (χ1) is 39.5. The maximum Gasteiger partial charge on any atom is 0.306 e. The number of allylic oxidation sites excluding steroid dienone is 20. The van der Waals surface area contributed by atoms with E-state index in [0.29, 0.717) is 19.3 Å². The zero-order chi connectivity index (χ0) is 57.8. The molecule has 0 aliphatic heterocycles. The van der Waals surface area contributed by atoms with E-state index in [-0.39, 0.29) is 31.1 Å². The van der Waals surface area contributed by atoms with Crippen LogP contribution in [-0.2, 0) is 28.6 Å². The van der Waals surface area contributed by atoms with Gasteiger partial charge in [-0.3, -0.25) is 14.4 Å². The molecule has 0 aromatic carbocycles. The van der Waals surface area contributed by atoms with Crippen molar-refractivity contribution in [2.45, 2.75) is 316 Å². The lowest BCUT2D eigenvalue weighted by molar-refractivity contribution is -0.167. The molecule has 0 amide bonds. The van der Waals surface area contributed by atoms with E-state index in [0.717, 1.165) is 135 Å². The smallest absolute Gasteiger partial charge is 0.306 e. The van der Waals surface area contributed by atoms with Gasteiger partial charge in [0.1, 0.15) is 13.2 Å². The average Bonchev–Trinajstić information content (AvgIpc) is 3.46. The molecule has 0 spiro atoms. The predicted octanol–water partition coefficient (Wildman–Crippen LogP) is 23.2. The molecule has 0 aliphatic rings. The van der Waals surface area contributed by atoms with Crippen LogP contribution in [0.5, 0.6) is 0 Å². The monoisotopic (exact) mass is 1110 g/mol. The van der Waals surface area contributed by atoms with Gasteiger partial charge in [0.15, 0.2) is 6.10 Å². The minimum Gasteiger partial charge on any atom is -0.462 e. The molecule has 1 atom stereocenters. The molecule has 0 fully saturated rings. The first-order valence-electron chi connectivity index (χ1n) is 33.5. The van der Waals surface area contributed by atoms with Gasteiger partial charge < -0.3 is 14.2 Å². The summed E-state index contributed by atoms with van der Waals surface area (Å²) in [6.45, 7) is 6.45. The molecule has 6 heteroatoms. The van der Waals surface area contributed by atoms with Crippen molar-refractivity contribution in [2.24, 2.45) is 0 Å². The summed E-state index contributed by atoms with van der Waals surface area (Å²) in [5.74, 6) is -0.904. The third-order valence-corrected chi connectivity index (χ3v) is 14.2. The Bertz CT molecular complexity index is 1650. The molecule has 0 aromatic heterocycles. The topological polar surface area (TPSA) is 78.9 Å². The molecule has 456 valence electrons. The van der Waals surface area contributed by atoms with E-state index in [1.54, 1.807) is 0 Å². The second kappa shape index (κ2) is 67.3. The summed E-state index contributed by atoms with van der Waals surface area (Å²) in [5.41, 5.74) is 0. The maximum absolute atomic E-state index is 12.9. The highest BCUT2D eigenvalue weighted by Crippen LogP contribution is 2.16. The summed E-state index contributed by atoms with van der Waals surface area (Å²) in [6.07, 6.45) is 93.6. The first kappa shape index (κ1) is 75.8. The van der Waals surface area contributed by atoms with E-state index >= 15 is 0 Å². The van der Waals surface area contributed by atoms with Crippen molar-refractivity contribution in [1.29, 1.82) is 0 Å². The van der Waals surface area contributed by atoms with Crippen molar-refractivity contribution in [3.8, 4) is 0 Å². The van der Waals surface area contributed by atoms with Gasteiger partial charge in [-0.1, -0.05) is 284 Å². The molecule has 0 heterocycles. The molecule has 80 heavy (non-hydrogen) atoms. The Balaban J connectivity index is 4.26. The number of unbranched alkanes of at least 4 members (excludes halogenated alkanes) is 29. The molecule has 0 saturated carbocycles. The molecule has 1 unspecified atom stereocenters. The van der Waals surface area contributed by atoms with Crippen LogP contribution in [0.2, 0.25) is 0 Å². The predicted molar refractivity (Wildman–Crippen MR) is 348 cm³/mol. The number of hydrogen-bond acceptors (Lipinski definition) is 6. The van der Waals surface area contributed by atoms with Crippen LogP contribution >= 0.6 is 0 Å². The van der Waals surface area contributed by atoms with Crippen LogP contribution in [-0.4, -0.2) is 37.2 Å². The number of ether oxygens (including phenoxy) is 3. The second-order valence-electron chi connectivity index (χ2n) is 22.0. The quantitative estimate of drug-likeness (QED) is 0.0261. The lowest BCUT2D eigenvalue weighted by Gasteiger charge is -2.18. The lowest BCUT2D eigenvalue weighted by Crippen LogP contribution is -2.30. The van der Waals surface area contributed by atoms with Crippen LogP contribution in [0, 0.1) is 0 Å². The molecule has 0 rings (SSSR count). The molecule has 0 aromatic rings. The normalized spacial score (nSPS) is 12.9. The molecule has 0 saturated heterocycles. The molecule has 0 radical (unpaired) electrons. The van der Waals surface area contributed by atoms with E-state index in [4.69, 9.17) is 14.2 Å². The highest BCUT2D eigenvalue weighted by molar-refractivity contribution is 5.71. The summed E-state index contributed by atoms with van der Waals surface area (Å²) >= 11 is 0. The summed E-state index contributed by atoms with van der Waals surface area (Å²) in [4.78, 5) is 38.3. The molecular weight excluding hydrogens is 985 g/mol. The third-order valence-electron chi connectivity index (χ3n) is 14.2. The van der Waals surface area contributed by atoms with Gasteiger partial charge in [-0.25, -0.2) is 0 Å². The van der Waals surface area contributed by atoms with Crippen LogP contribution in [0.1, 0.15) is 310 Å². The Morgan fingerprint density at radius 3 is 0.825 bits per heavy atom. The fraction of sp³-hybridized carbons (Fsp3) is 0.689. The third kappa shape index (κ3) is 64.6. The molecule has 0 N–H and O–H groups in total. The highest BCUT2D eigenvalue weighted by atomic mass is 16.6. The maximum atomic E-state index is 12.9. The van der Waals surface area contributed by atoms with Gasteiger partial charge in [0.2, 0.25) is 0 Å². The van der Waals surface area contributed by atoms with Crippen LogP contribution in [0.15, 0.2) is 122 Å². The van der Waals surface area contributed by atoms with E-state index in [9.17, 15) is 14.4 Å².